The molecule has 1 saturated carbocycles. The Bertz CT molecular complexity index is 528. The summed E-state index contributed by atoms with van der Waals surface area (Å²) >= 11 is 5.76. The lowest BCUT2D eigenvalue weighted by Crippen LogP contribution is -2.46. The molecule has 4 nitrogen and oxygen atoms in total. The van der Waals surface area contributed by atoms with Gasteiger partial charge in [0.25, 0.3) is 0 Å². The first-order valence-electron chi connectivity index (χ1n) is 7.36. The third kappa shape index (κ3) is 2.87. The van der Waals surface area contributed by atoms with Crippen molar-refractivity contribution in [3.05, 3.63) is 23.1 Å². The summed E-state index contributed by atoms with van der Waals surface area (Å²) in [7, 11) is 4.00. The molecule has 2 fully saturated rings. The molecule has 2 aliphatic rings. The highest BCUT2D eigenvalue weighted by Gasteiger charge is 2.43. The SMILES string of the molecule is CN(C)[C@@H]1C[C@@H]2CN(c3ncc(Cl)cc3F)C[C@@H]2C[C@H]1O. The first-order valence-corrected chi connectivity index (χ1v) is 7.74. The van der Waals surface area contributed by atoms with Crippen molar-refractivity contribution in [2.45, 2.75) is 25.0 Å². The van der Waals surface area contributed by atoms with Crippen LogP contribution in [0.2, 0.25) is 5.02 Å². The van der Waals surface area contributed by atoms with Gasteiger partial charge in [0.05, 0.1) is 11.1 Å². The van der Waals surface area contributed by atoms with Gasteiger partial charge >= 0.3 is 0 Å². The molecule has 0 unspecified atom stereocenters. The Morgan fingerprint density at radius 2 is 2.00 bits per heavy atom. The second kappa shape index (κ2) is 5.71. The van der Waals surface area contributed by atoms with Crippen LogP contribution >= 0.6 is 11.6 Å². The fourth-order valence-electron chi connectivity index (χ4n) is 3.78. The predicted octanol–water partition coefficient (Wildman–Crippen LogP) is 2.01. The summed E-state index contributed by atoms with van der Waals surface area (Å²) in [6, 6.07) is 1.50. The van der Waals surface area contributed by atoms with Crippen LogP contribution in [0.4, 0.5) is 10.2 Å². The zero-order valence-electron chi connectivity index (χ0n) is 12.3. The molecule has 0 amide bonds. The molecule has 0 radical (unpaired) electrons. The van der Waals surface area contributed by atoms with E-state index in [-0.39, 0.29) is 18.0 Å². The largest absolute Gasteiger partial charge is 0.391 e. The molecule has 1 aliphatic carbocycles. The first kappa shape index (κ1) is 15.0. The molecule has 1 N–H and O–H groups in total. The molecule has 0 spiro atoms. The van der Waals surface area contributed by atoms with Crippen molar-refractivity contribution < 1.29 is 9.50 Å². The summed E-state index contributed by atoms with van der Waals surface area (Å²) in [6.45, 7) is 1.56. The lowest BCUT2D eigenvalue weighted by Gasteiger charge is -2.38. The number of rotatable bonds is 2. The topological polar surface area (TPSA) is 39.6 Å². The molecule has 1 aliphatic heterocycles. The van der Waals surface area contributed by atoms with Crippen LogP contribution < -0.4 is 4.90 Å². The van der Waals surface area contributed by atoms with E-state index < -0.39 is 0 Å². The van der Waals surface area contributed by atoms with Crippen molar-refractivity contribution in [3.8, 4) is 0 Å². The Kier molecular flexibility index (Phi) is 4.08. The number of aliphatic hydroxyl groups excluding tert-OH is 1. The summed E-state index contributed by atoms with van der Waals surface area (Å²) in [5.41, 5.74) is 0. The van der Waals surface area contributed by atoms with Gasteiger partial charge in [-0.2, -0.15) is 0 Å². The van der Waals surface area contributed by atoms with Crippen LogP contribution in [-0.4, -0.2) is 54.3 Å². The fraction of sp³-hybridized carbons (Fsp3) is 0.667. The van der Waals surface area contributed by atoms with E-state index in [1.165, 1.54) is 12.3 Å². The van der Waals surface area contributed by atoms with Gasteiger partial charge in [-0.3, -0.25) is 0 Å². The number of likely N-dealkylation sites (N-methyl/N-ethyl adjacent to an activating group) is 1. The maximum absolute atomic E-state index is 14.0. The molecule has 0 bridgehead atoms. The standard InChI is InChI=1S/C15H21ClFN3O/c1-19(2)13-3-9-7-20(8-10(9)4-14(13)21)15-12(17)5-11(16)6-18-15/h5-6,9-10,13-14,21H,3-4,7-8H2,1-2H3/t9-,10+,13-,14-/m1/s1. The third-order valence-electron chi connectivity index (χ3n) is 4.86. The predicted molar refractivity (Wildman–Crippen MR) is 81.1 cm³/mol. The lowest BCUT2D eigenvalue weighted by molar-refractivity contribution is 0.00942. The monoisotopic (exact) mass is 313 g/mol. The van der Waals surface area contributed by atoms with Crippen molar-refractivity contribution in [1.29, 1.82) is 0 Å². The molecule has 2 heterocycles. The summed E-state index contributed by atoms with van der Waals surface area (Å²) in [4.78, 5) is 8.22. The Labute approximate surface area is 129 Å². The minimum absolute atomic E-state index is 0.189. The maximum atomic E-state index is 14.0. The van der Waals surface area contributed by atoms with Crippen LogP contribution in [0.15, 0.2) is 12.3 Å². The van der Waals surface area contributed by atoms with Crippen molar-refractivity contribution >= 4 is 17.4 Å². The Balaban J connectivity index is 1.76. The quantitative estimate of drug-likeness (QED) is 0.906. The van der Waals surface area contributed by atoms with Crippen molar-refractivity contribution in [2.24, 2.45) is 11.8 Å². The molecule has 1 saturated heterocycles. The van der Waals surface area contributed by atoms with Gasteiger partial charge in [-0.25, -0.2) is 9.37 Å². The van der Waals surface area contributed by atoms with Gasteiger partial charge in [0.2, 0.25) is 0 Å². The van der Waals surface area contributed by atoms with E-state index in [0.717, 1.165) is 25.9 Å². The Morgan fingerprint density at radius 1 is 1.33 bits per heavy atom. The van der Waals surface area contributed by atoms with E-state index in [1.54, 1.807) is 0 Å². The van der Waals surface area contributed by atoms with Crippen LogP contribution in [-0.2, 0) is 0 Å². The number of aliphatic hydroxyl groups is 1. The Morgan fingerprint density at radius 3 is 2.62 bits per heavy atom. The number of hydrogen-bond donors (Lipinski definition) is 1. The lowest BCUT2D eigenvalue weighted by atomic mass is 9.77. The second-order valence-electron chi connectivity index (χ2n) is 6.45. The van der Waals surface area contributed by atoms with Gasteiger partial charge in [-0.1, -0.05) is 11.6 Å². The zero-order valence-corrected chi connectivity index (χ0v) is 13.1. The van der Waals surface area contributed by atoms with E-state index >= 15 is 0 Å². The molecule has 1 aromatic heterocycles. The van der Waals surface area contributed by atoms with Crippen molar-refractivity contribution in [2.75, 3.05) is 32.1 Å². The van der Waals surface area contributed by atoms with Gasteiger partial charge in [0.15, 0.2) is 11.6 Å². The van der Waals surface area contributed by atoms with Crippen LogP contribution in [0.1, 0.15) is 12.8 Å². The number of hydrogen-bond acceptors (Lipinski definition) is 4. The van der Waals surface area contributed by atoms with Gasteiger partial charge in [0.1, 0.15) is 0 Å². The van der Waals surface area contributed by atoms with E-state index in [9.17, 15) is 9.50 Å². The third-order valence-corrected chi connectivity index (χ3v) is 5.07. The average Bonchev–Trinajstić information content (AvgIpc) is 2.79. The molecule has 1 aromatic rings. The van der Waals surface area contributed by atoms with Crippen molar-refractivity contribution in [3.63, 3.8) is 0 Å². The van der Waals surface area contributed by atoms with E-state index in [2.05, 4.69) is 9.88 Å². The normalized spacial score (nSPS) is 32.6. The smallest absolute Gasteiger partial charge is 0.167 e. The summed E-state index contributed by atoms with van der Waals surface area (Å²) < 4.78 is 14.0. The molecule has 3 rings (SSSR count). The molecule has 116 valence electrons. The summed E-state index contributed by atoms with van der Waals surface area (Å²) in [5, 5.41) is 10.6. The highest BCUT2D eigenvalue weighted by atomic mass is 35.5. The molecule has 4 atom stereocenters. The minimum atomic E-state index is -0.370. The van der Waals surface area contributed by atoms with Gasteiger partial charge in [-0.05, 0) is 44.8 Å². The van der Waals surface area contributed by atoms with Gasteiger partial charge < -0.3 is 14.9 Å². The average molecular weight is 314 g/mol. The second-order valence-corrected chi connectivity index (χ2v) is 6.89. The highest BCUT2D eigenvalue weighted by molar-refractivity contribution is 6.30. The van der Waals surface area contributed by atoms with Crippen molar-refractivity contribution in [1.82, 2.24) is 9.88 Å². The van der Waals surface area contributed by atoms with Crippen LogP contribution in [0.5, 0.6) is 0 Å². The van der Waals surface area contributed by atoms with E-state index in [4.69, 9.17) is 11.6 Å². The van der Waals surface area contributed by atoms with Crippen LogP contribution in [0.3, 0.4) is 0 Å². The van der Waals surface area contributed by atoms with Gasteiger partial charge in [-0.15, -0.1) is 0 Å². The number of pyridine rings is 1. The van der Waals surface area contributed by atoms with E-state index in [1.807, 2.05) is 19.0 Å². The molecule has 6 heteroatoms. The van der Waals surface area contributed by atoms with Crippen LogP contribution in [0.25, 0.3) is 0 Å². The van der Waals surface area contributed by atoms with Crippen LogP contribution in [0, 0.1) is 17.7 Å². The molecule has 21 heavy (non-hydrogen) atoms. The number of nitrogens with zero attached hydrogens (tertiary/aromatic N) is 3. The molecular weight excluding hydrogens is 293 g/mol. The number of aromatic nitrogens is 1. The molecular formula is C15H21ClFN3O. The summed E-state index contributed by atoms with van der Waals surface area (Å²) in [5.74, 6) is 0.904. The van der Waals surface area contributed by atoms with E-state index in [0.29, 0.717) is 22.7 Å². The maximum Gasteiger partial charge on any atom is 0.167 e. The first-order chi connectivity index (χ1) is 9.95. The zero-order chi connectivity index (χ0) is 15.1. The number of fused-ring (bicyclic) bond motifs is 1. The summed E-state index contributed by atoms with van der Waals surface area (Å²) in [6.07, 6.45) is 2.91. The number of halogens is 2. The minimum Gasteiger partial charge on any atom is -0.391 e. The molecule has 0 aromatic carbocycles. The highest BCUT2D eigenvalue weighted by Crippen LogP contribution is 2.39. The number of anilines is 1. The van der Waals surface area contributed by atoms with Gasteiger partial charge in [0, 0.05) is 25.3 Å². The Hall–Kier alpha value is -0.910. The fourth-order valence-corrected chi connectivity index (χ4v) is 3.92.